The smallest absolute Gasteiger partial charge is 0.420 e. The van der Waals surface area contributed by atoms with Gasteiger partial charge in [0.15, 0.2) is 8.32 Å². The zero-order valence-electron chi connectivity index (χ0n) is 12.9. The summed E-state index contributed by atoms with van der Waals surface area (Å²) >= 11 is 0. The Balaban J connectivity index is 2.13. The molecule has 6 heteroatoms. The number of hydrogen-bond acceptors (Lipinski definition) is 4. The van der Waals surface area contributed by atoms with Crippen LogP contribution in [0.15, 0.2) is 0 Å². The molecule has 4 nitrogen and oxygen atoms in total. The van der Waals surface area contributed by atoms with Gasteiger partial charge in [0.1, 0.15) is 0 Å². The molecule has 0 radical (unpaired) electrons. The molecule has 0 aromatic heterocycles. The average molecular weight is 305 g/mol. The van der Waals surface area contributed by atoms with E-state index in [9.17, 15) is 0 Å². The minimum atomic E-state index is -2.53. The van der Waals surface area contributed by atoms with Gasteiger partial charge in [0.2, 0.25) is 0 Å². The molecular weight excluding hydrogens is 276 g/mol. The van der Waals surface area contributed by atoms with Gasteiger partial charge in [-0.2, -0.15) is 0 Å². The summed E-state index contributed by atoms with van der Waals surface area (Å²) in [6, 6.07) is 0. The Bertz CT molecular complexity index is 303. The van der Waals surface area contributed by atoms with Crippen molar-refractivity contribution in [2.45, 2.75) is 43.4 Å². The number of rotatable bonds is 7. The summed E-state index contributed by atoms with van der Waals surface area (Å²) in [5.41, 5.74) is 1.62. The molecule has 0 heterocycles. The SMILES string of the molecule is CO[Si](C[Si](C)(OC)C1CC2CCC1C2)(OC)OC. The first-order valence-electron chi connectivity index (χ1n) is 7.23. The summed E-state index contributed by atoms with van der Waals surface area (Å²) in [5.74, 6) is 1.82. The van der Waals surface area contributed by atoms with Gasteiger partial charge in [-0.25, -0.2) is 0 Å². The van der Waals surface area contributed by atoms with E-state index in [1.54, 1.807) is 21.3 Å². The van der Waals surface area contributed by atoms with Gasteiger partial charge in [-0.1, -0.05) is 12.8 Å². The van der Waals surface area contributed by atoms with Crippen LogP contribution < -0.4 is 0 Å². The van der Waals surface area contributed by atoms with Crippen molar-refractivity contribution in [1.29, 1.82) is 0 Å². The molecule has 2 bridgehead atoms. The zero-order chi connectivity index (χ0) is 14.1. The molecule has 2 fully saturated rings. The molecule has 2 rings (SSSR count). The molecule has 0 amide bonds. The molecule has 112 valence electrons. The second-order valence-corrected chi connectivity index (χ2v) is 14.1. The zero-order valence-corrected chi connectivity index (χ0v) is 14.9. The highest BCUT2D eigenvalue weighted by Gasteiger charge is 2.56. The van der Waals surface area contributed by atoms with Gasteiger partial charge in [0.05, 0.1) is 0 Å². The molecule has 2 aliphatic rings. The highest BCUT2D eigenvalue weighted by Crippen LogP contribution is 2.56. The Morgan fingerprint density at radius 1 is 0.895 bits per heavy atom. The van der Waals surface area contributed by atoms with Crippen molar-refractivity contribution >= 4 is 17.1 Å². The lowest BCUT2D eigenvalue weighted by atomic mass is 10.0. The van der Waals surface area contributed by atoms with Crippen LogP contribution in [0.4, 0.5) is 0 Å². The fourth-order valence-electron chi connectivity index (χ4n) is 4.24. The lowest BCUT2D eigenvalue weighted by Crippen LogP contribution is -2.54. The van der Waals surface area contributed by atoms with Crippen LogP contribution in [0.2, 0.25) is 17.8 Å². The van der Waals surface area contributed by atoms with Crippen LogP contribution in [-0.2, 0) is 17.7 Å². The molecule has 0 N–H and O–H groups in total. The summed E-state index contributed by atoms with van der Waals surface area (Å²) in [5, 5.41) is 0. The Hall–Kier alpha value is 0.274. The highest BCUT2D eigenvalue weighted by atomic mass is 28.4. The van der Waals surface area contributed by atoms with E-state index in [1.807, 2.05) is 7.11 Å². The van der Waals surface area contributed by atoms with E-state index in [1.165, 1.54) is 25.7 Å². The second-order valence-electron chi connectivity index (χ2n) is 6.27. The van der Waals surface area contributed by atoms with Gasteiger partial charge >= 0.3 is 8.80 Å². The molecule has 0 aromatic carbocycles. The van der Waals surface area contributed by atoms with Crippen LogP contribution in [0.5, 0.6) is 0 Å². The van der Waals surface area contributed by atoms with E-state index >= 15 is 0 Å². The summed E-state index contributed by atoms with van der Waals surface area (Å²) in [7, 11) is 2.58. The lowest BCUT2D eigenvalue weighted by molar-refractivity contribution is 0.126. The van der Waals surface area contributed by atoms with E-state index in [-0.39, 0.29) is 0 Å². The fourth-order valence-corrected chi connectivity index (χ4v) is 14.0. The largest absolute Gasteiger partial charge is 0.499 e. The van der Waals surface area contributed by atoms with Crippen molar-refractivity contribution in [3.8, 4) is 0 Å². The Kier molecular flexibility index (Phi) is 4.90. The third kappa shape index (κ3) is 2.84. The van der Waals surface area contributed by atoms with Gasteiger partial charge in [-0.05, 0) is 36.8 Å². The van der Waals surface area contributed by atoms with Gasteiger partial charge in [-0.3, -0.25) is 0 Å². The second kappa shape index (κ2) is 5.95. The van der Waals surface area contributed by atoms with E-state index in [0.717, 1.165) is 23.0 Å². The first-order valence-corrected chi connectivity index (χ1v) is 11.9. The third-order valence-corrected chi connectivity index (χ3v) is 15.1. The molecule has 0 aliphatic heterocycles. The standard InChI is InChI=1S/C13H28O4Si2/c1-14-18(5,10-19(15-2,16-3)17-4)13-9-11-6-7-12(13)8-11/h11-13H,6-10H2,1-5H3. The first kappa shape index (κ1) is 15.7. The monoisotopic (exact) mass is 304 g/mol. The van der Waals surface area contributed by atoms with Gasteiger partial charge in [-0.15, -0.1) is 0 Å². The van der Waals surface area contributed by atoms with Crippen LogP contribution >= 0.6 is 0 Å². The van der Waals surface area contributed by atoms with Crippen molar-refractivity contribution in [3.63, 3.8) is 0 Å². The normalized spacial score (nSPS) is 33.6. The molecule has 0 saturated heterocycles. The molecule has 2 aliphatic carbocycles. The average Bonchev–Trinajstić information content (AvgIpc) is 3.08. The maximum atomic E-state index is 6.07. The van der Waals surface area contributed by atoms with Crippen molar-refractivity contribution in [1.82, 2.24) is 0 Å². The topological polar surface area (TPSA) is 36.9 Å². The van der Waals surface area contributed by atoms with Crippen LogP contribution in [0, 0.1) is 11.8 Å². The first-order chi connectivity index (χ1) is 9.02. The summed E-state index contributed by atoms with van der Waals surface area (Å²) in [6.07, 6.45) is 5.58. The number of fused-ring (bicyclic) bond motifs is 2. The molecule has 0 spiro atoms. The maximum absolute atomic E-state index is 6.07. The minimum Gasteiger partial charge on any atom is -0.420 e. The Morgan fingerprint density at radius 3 is 1.89 bits per heavy atom. The summed E-state index contributed by atoms with van der Waals surface area (Å²) < 4.78 is 22.9. The maximum Gasteiger partial charge on any atom is 0.499 e. The van der Waals surface area contributed by atoms with Crippen LogP contribution in [0.1, 0.15) is 25.7 Å². The van der Waals surface area contributed by atoms with Gasteiger partial charge < -0.3 is 17.7 Å². The van der Waals surface area contributed by atoms with Crippen LogP contribution in [0.25, 0.3) is 0 Å². The molecule has 4 unspecified atom stereocenters. The van der Waals surface area contributed by atoms with Crippen LogP contribution in [-0.4, -0.2) is 45.6 Å². The molecule has 0 aromatic rings. The molecule has 19 heavy (non-hydrogen) atoms. The lowest BCUT2D eigenvalue weighted by Gasteiger charge is -2.40. The fraction of sp³-hybridized carbons (Fsp3) is 1.00. The Morgan fingerprint density at radius 2 is 1.53 bits per heavy atom. The van der Waals surface area contributed by atoms with E-state index in [2.05, 4.69) is 6.55 Å². The van der Waals surface area contributed by atoms with E-state index in [4.69, 9.17) is 17.7 Å². The van der Waals surface area contributed by atoms with E-state index < -0.39 is 17.1 Å². The summed E-state index contributed by atoms with van der Waals surface area (Å²) in [6.45, 7) is 2.34. The summed E-state index contributed by atoms with van der Waals surface area (Å²) in [4.78, 5) is 0. The van der Waals surface area contributed by atoms with Crippen molar-refractivity contribution in [2.75, 3.05) is 28.4 Å². The van der Waals surface area contributed by atoms with Crippen molar-refractivity contribution in [2.24, 2.45) is 11.8 Å². The van der Waals surface area contributed by atoms with Gasteiger partial charge in [0.25, 0.3) is 0 Å². The molecule has 4 atom stereocenters. The predicted molar refractivity (Wildman–Crippen MR) is 79.4 cm³/mol. The highest BCUT2D eigenvalue weighted by molar-refractivity contribution is 6.87. The predicted octanol–water partition coefficient (Wildman–Crippen LogP) is 2.82. The Labute approximate surface area is 119 Å². The third-order valence-electron chi connectivity index (χ3n) is 5.49. The van der Waals surface area contributed by atoms with Crippen molar-refractivity contribution < 1.29 is 17.7 Å². The quantitative estimate of drug-likeness (QED) is 0.678. The number of hydrogen-bond donors (Lipinski definition) is 0. The van der Waals surface area contributed by atoms with Crippen LogP contribution in [0.3, 0.4) is 0 Å². The minimum absolute atomic E-state index is 0.753. The molecule has 2 saturated carbocycles. The van der Waals surface area contributed by atoms with Gasteiger partial charge in [0, 0.05) is 34.1 Å². The molecular formula is C13H28O4Si2. The van der Waals surface area contributed by atoms with Crippen molar-refractivity contribution in [3.05, 3.63) is 0 Å². The van der Waals surface area contributed by atoms with E-state index in [0.29, 0.717) is 0 Å².